The predicted molar refractivity (Wildman–Crippen MR) is 80.7 cm³/mol. The van der Waals surface area contributed by atoms with Gasteiger partial charge in [0.05, 0.1) is 18.3 Å². The molecule has 0 bridgehead atoms. The van der Waals surface area contributed by atoms with Gasteiger partial charge in [-0.25, -0.2) is 0 Å². The minimum absolute atomic E-state index is 0.346. The summed E-state index contributed by atoms with van der Waals surface area (Å²) in [6.07, 6.45) is 3.33. The van der Waals surface area contributed by atoms with Crippen LogP contribution in [0.1, 0.15) is 35.8 Å². The second kappa shape index (κ2) is 5.63. The lowest BCUT2D eigenvalue weighted by atomic mass is 10.0. The molecule has 104 valence electrons. The van der Waals surface area contributed by atoms with E-state index in [2.05, 4.69) is 28.9 Å². The number of aromatic nitrogens is 1. The molecule has 20 heavy (non-hydrogen) atoms. The first-order chi connectivity index (χ1) is 9.75. The third kappa shape index (κ3) is 2.54. The van der Waals surface area contributed by atoms with Crippen molar-refractivity contribution in [1.82, 2.24) is 4.98 Å². The van der Waals surface area contributed by atoms with Crippen LogP contribution in [0.15, 0.2) is 42.6 Å². The molecule has 2 heterocycles. The number of rotatable bonds is 2. The molecule has 1 unspecified atom stereocenters. The maximum absolute atomic E-state index is 10.2. The molecule has 0 spiro atoms. The van der Waals surface area contributed by atoms with Gasteiger partial charge in [0.15, 0.2) is 0 Å². The van der Waals surface area contributed by atoms with Gasteiger partial charge in [-0.15, -0.1) is 0 Å². The van der Waals surface area contributed by atoms with E-state index >= 15 is 0 Å². The zero-order chi connectivity index (χ0) is 13.9. The molecule has 0 amide bonds. The van der Waals surface area contributed by atoms with Crippen LogP contribution in [-0.2, 0) is 6.54 Å². The normalized spacial score (nSPS) is 18.5. The van der Waals surface area contributed by atoms with E-state index in [0.29, 0.717) is 0 Å². The second-order valence-electron chi connectivity index (χ2n) is 5.41. The summed E-state index contributed by atoms with van der Waals surface area (Å²) in [5, 5.41) is 10.2. The van der Waals surface area contributed by atoms with Gasteiger partial charge in [0.1, 0.15) is 0 Å². The van der Waals surface area contributed by atoms with Crippen LogP contribution in [0, 0.1) is 6.92 Å². The fourth-order valence-electron chi connectivity index (χ4n) is 2.84. The minimum Gasteiger partial charge on any atom is -0.388 e. The molecule has 0 radical (unpaired) electrons. The lowest BCUT2D eigenvalue weighted by Crippen LogP contribution is -2.24. The van der Waals surface area contributed by atoms with Gasteiger partial charge in [0.25, 0.3) is 0 Å². The first kappa shape index (κ1) is 13.1. The van der Waals surface area contributed by atoms with Crippen LogP contribution < -0.4 is 4.90 Å². The Hall–Kier alpha value is -1.87. The number of hydrogen-bond acceptors (Lipinski definition) is 3. The van der Waals surface area contributed by atoms with Crippen molar-refractivity contribution in [2.24, 2.45) is 0 Å². The van der Waals surface area contributed by atoms with Crippen molar-refractivity contribution < 1.29 is 5.11 Å². The fraction of sp³-hybridized carbons (Fsp3) is 0.353. The topological polar surface area (TPSA) is 36.4 Å². The van der Waals surface area contributed by atoms with E-state index in [1.807, 2.05) is 30.5 Å². The molecule has 2 aromatic rings. The van der Waals surface area contributed by atoms with Crippen molar-refractivity contribution in [2.45, 2.75) is 32.4 Å². The highest BCUT2D eigenvalue weighted by atomic mass is 16.3. The summed E-state index contributed by atoms with van der Waals surface area (Å²) in [6, 6.07) is 12.2. The molecular formula is C17H20N2O. The van der Waals surface area contributed by atoms with E-state index in [1.165, 1.54) is 5.56 Å². The van der Waals surface area contributed by atoms with Gasteiger partial charge in [-0.05, 0) is 37.5 Å². The summed E-state index contributed by atoms with van der Waals surface area (Å²) in [5.41, 5.74) is 4.51. The zero-order valence-electron chi connectivity index (χ0n) is 11.8. The average Bonchev–Trinajstić information content (AvgIpc) is 2.62. The Morgan fingerprint density at radius 1 is 1.25 bits per heavy atom. The maximum atomic E-state index is 10.2. The molecule has 1 aromatic heterocycles. The van der Waals surface area contributed by atoms with Crippen molar-refractivity contribution in [3.63, 3.8) is 0 Å². The number of pyridine rings is 1. The van der Waals surface area contributed by atoms with Gasteiger partial charge in [-0.3, -0.25) is 4.98 Å². The van der Waals surface area contributed by atoms with Crippen LogP contribution in [0.3, 0.4) is 0 Å². The highest BCUT2D eigenvalue weighted by molar-refractivity contribution is 5.55. The highest BCUT2D eigenvalue weighted by Crippen LogP contribution is 2.33. The summed E-state index contributed by atoms with van der Waals surface area (Å²) in [7, 11) is 0. The third-order valence-electron chi connectivity index (χ3n) is 4.00. The SMILES string of the molecule is Cc1cccnc1CN1CCCC(O)c2ccccc21. The summed E-state index contributed by atoms with van der Waals surface area (Å²) in [6.45, 7) is 3.86. The smallest absolute Gasteiger partial charge is 0.0810 e. The Labute approximate surface area is 119 Å². The van der Waals surface area contributed by atoms with Crippen molar-refractivity contribution >= 4 is 5.69 Å². The largest absolute Gasteiger partial charge is 0.388 e. The highest BCUT2D eigenvalue weighted by Gasteiger charge is 2.21. The fourth-order valence-corrected chi connectivity index (χ4v) is 2.84. The number of aliphatic hydroxyl groups is 1. The summed E-state index contributed by atoms with van der Waals surface area (Å²) >= 11 is 0. The lowest BCUT2D eigenvalue weighted by Gasteiger charge is -2.25. The molecule has 0 aliphatic carbocycles. The van der Waals surface area contributed by atoms with Gasteiger partial charge in [-0.2, -0.15) is 0 Å². The Morgan fingerprint density at radius 2 is 2.10 bits per heavy atom. The quantitative estimate of drug-likeness (QED) is 0.908. The number of aryl methyl sites for hydroxylation is 1. The van der Waals surface area contributed by atoms with Crippen LogP contribution in [0.2, 0.25) is 0 Å². The summed E-state index contributed by atoms with van der Waals surface area (Å²) < 4.78 is 0. The third-order valence-corrected chi connectivity index (χ3v) is 4.00. The van der Waals surface area contributed by atoms with Crippen LogP contribution in [0.4, 0.5) is 5.69 Å². The first-order valence-electron chi connectivity index (χ1n) is 7.18. The van der Waals surface area contributed by atoms with Crippen molar-refractivity contribution in [3.8, 4) is 0 Å². The predicted octanol–water partition coefficient (Wildman–Crippen LogP) is 3.22. The molecule has 3 heteroatoms. The van der Waals surface area contributed by atoms with Crippen molar-refractivity contribution in [2.75, 3.05) is 11.4 Å². The summed E-state index contributed by atoms with van der Waals surface area (Å²) in [5.74, 6) is 0. The first-order valence-corrected chi connectivity index (χ1v) is 7.18. The number of para-hydroxylation sites is 1. The zero-order valence-corrected chi connectivity index (χ0v) is 11.8. The number of fused-ring (bicyclic) bond motifs is 1. The molecule has 0 saturated carbocycles. The molecular weight excluding hydrogens is 248 g/mol. The van der Waals surface area contributed by atoms with E-state index < -0.39 is 0 Å². The van der Waals surface area contributed by atoms with Crippen LogP contribution in [0.5, 0.6) is 0 Å². The van der Waals surface area contributed by atoms with E-state index in [0.717, 1.165) is 42.9 Å². The van der Waals surface area contributed by atoms with Gasteiger partial charge in [-0.1, -0.05) is 24.3 Å². The average molecular weight is 268 g/mol. The van der Waals surface area contributed by atoms with E-state index in [4.69, 9.17) is 0 Å². The molecule has 1 aliphatic rings. The lowest BCUT2D eigenvalue weighted by molar-refractivity contribution is 0.168. The molecule has 0 saturated heterocycles. The molecule has 3 nitrogen and oxygen atoms in total. The van der Waals surface area contributed by atoms with Gasteiger partial charge in [0, 0.05) is 24.0 Å². The van der Waals surface area contributed by atoms with E-state index in [-0.39, 0.29) is 6.10 Å². The van der Waals surface area contributed by atoms with Crippen LogP contribution in [-0.4, -0.2) is 16.6 Å². The standard InChI is InChI=1S/C17H20N2O/c1-13-6-4-10-18-15(13)12-19-11-5-9-17(20)14-7-2-3-8-16(14)19/h2-4,6-8,10,17,20H,5,9,11-12H2,1H3. The number of nitrogens with zero attached hydrogens (tertiary/aromatic N) is 2. The minimum atomic E-state index is -0.346. The van der Waals surface area contributed by atoms with Crippen LogP contribution >= 0.6 is 0 Å². The Bertz CT molecular complexity index is 597. The van der Waals surface area contributed by atoms with Crippen molar-refractivity contribution in [1.29, 1.82) is 0 Å². The van der Waals surface area contributed by atoms with Gasteiger partial charge >= 0.3 is 0 Å². The van der Waals surface area contributed by atoms with Gasteiger partial charge in [0.2, 0.25) is 0 Å². The molecule has 3 rings (SSSR count). The molecule has 1 aliphatic heterocycles. The monoisotopic (exact) mass is 268 g/mol. The Balaban J connectivity index is 1.94. The van der Waals surface area contributed by atoms with Crippen molar-refractivity contribution in [3.05, 3.63) is 59.4 Å². The van der Waals surface area contributed by atoms with Gasteiger partial charge < -0.3 is 10.0 Å². The number of benzene rings is 1. The summed E-state index contributed by atoms with van der Waals surface area (Å²) in [4.78, 5) is 6.82. The molecule has 0 fully saturated rings. The number of aliphatic hydroxyl groups excluding tert-OH is 1. The molecule has 1 aromatic carbocycles. The van der Waals surface area contributed by atoms with E-state index in [1.54, 1.807) is 0 Å². The van der Waals surface area contributed by atoms with E-state index in [9.17, 15) is 5.11 Å². The maximum Gasteiger partial charge on any atom is 0.0810 e. The molecule has 1 atom stereocenters. The second-order valence-corrected chi connectivity index (χ2v) is 5.41. The Morgan fingerprint density at radius 3 is 2.95 bits per heavy atom. The molecule has 1 N–H and O–H groups in total. The number of anilines is 1. The number of hydrogen-bond donors (Lipinski definition) is 1. The van der Waals surface area contributed by atoms with Crippen LogP contribution in [0.25, 0.3) is 0 Å². The Kier molecular flexibility index (Phi) is 3.70.